The molecule has 0 radical (unpaired) electrons. The van der Waals surface area contributed by atoms with Crippen molar-refractivity contribution in [2.75, 3.05) is 6.54 Å². The van der Waals surface area contributed by atoms with Gasteiger partial charge in [-0.15, -0.1) is 0 Å². The molecule has 4 nitrogen and oxygen atoms in total. The number of amides is 1. The minimum absolute atomic E-state index is 0.0478. The van der Waals surface area contributed by atoms with E-state index >= 15 is 0 Å². The molecule has 0 unspecified atom stereocenters. The number of nitrogens with one attached hydrogen (secondary N) is 1. The summed E-state index contributed by atoms with van der Waals surface area (Å²) in [6.45, 7) is 1.93. The van der Waals surface area contributed by atoms with Gasteiger partial charge in [0.1, 0.15) is 5.78 Å². The lowest BCUT2D eigenvalue weighted by Crippen LogP contribution is -2.27. The zero-order chi connectivity index (χ0) is 13.7. The predicted molar refractivity (Wildman–Crippen MR) is 73.8 cm³/mol. The molecule has 1 aromatic carbocycles. The Morgan fingerprint density at radius 3 is 2.79 bits per heavy atom. The smallest absolute Gasteiger partial charge is 0.227 e. The Kier molecular flexibility index (Phi) is 4.23. The van der Waals surface area contributed by atoms with Crippen molar-refractivity contribution >= 4 is 22.6 Å². The van der Waals surface area contributed by atoms with Gasteiger partial charge in [-0.3, -0.25) is 14.6 Å². The molecule has 2 rings (SSSR count). The van der Waals surface area contributed by atoms with Crippen LogP contribution in [-0.4, -0.2) is 23.2 Å². The Labute approximate surface area is 111 Å². The fourth-order valence-corrected chi connectivity index (χ4v) is 1.99. The van der Waals surface area contributed by atoms with Gasteiger partial charge in [-0.05, 0) is 25.0 Å². The van der Waals surface area contributed by atoms with E-state index in [0.717, 1.165) is 16.5 Å². The van der Waals surface area contributed by atoms with Gasteiger partial charge in [0.2, 0.25) is 5.91 Å². The van der Waals surface area contributed by atoms with Crippen LogP contribution in [0.25, 0.3) is 10.9 Å². The molecule has 98 valence electrons. The lowest BCUT2D eigenvalue weighted by atomic mass is 10.1. The van der Waals surface area contributed by atoms with E-state index in [4.69, 9.17) is 0 Å². The molecule has 0 bridgehead atoms. The molecule has 0 fully saturated rings. The maximum absolute atomic E-state index is 11.4. The molecule has 0 spiro atoms. The van der Waals surface area contributed by atoms with E-state index < -0.39 is 0 Å². The first-order chi connectivity index (χ1) is 9.16. The van der Waals surface area contributed by atoms with E-state index in [1.807, 2.05) is 30.3 Å². The lowest BCUT2D eigenvalue weighted by molar-refractivity contribution is -0.127. The van der Waals surface area contributed by atoms with Crippen molar-refractivity contribution in [2.24, 2.45) is 0 Å². The highest BCUT2D eigenvalue weighted by molar-refractivity contribution is 5.96. The summed E-state index contributed by atoms with van der Waals surface area (Å²) in [7, 11) is 0. The number of hydrogen-bond donors (Lipinski definition) is 1. The van der Waals surface area contributed by atoms with Crippen LogP contribution in [0.4, 0.5) is 0 Å². The predicted octanol–water partition coefficient (Wildman–Crippen LogP) is 1.87. The fraction of sp³-hybridized carbons (Fsp3) is 0.267. The lowest BCUT2D eigenvalue weighted by Gasteiger charge is -2.06. The molecule has 1 aromatic heterocycles. The molecule has 1 amide bonds. The molecule has 0 aliphatic carbocycles. The van der Waals surface area contributed by atoms with Crippen molar-refractivity contribution in [1.29, 1.82) is 0 Å². The van der Waals surface area contributed by atoms with Crippen molar-refractivity contribution in [3.8, 4) is 0 Å². The topological polar surface area (TPSA) is 59.1 Å². The van der Waals surface area contributed by atoms with Crippen LogP contribution in [0.5, 0.6) is 0 Å². The van der Waals surface area contributed by atoms with Gasteiger partial charge >= 0.3 is 0 Å². The van der Waals surface area contributed by atoms with E-state index in [-0.39, 0.29) is 18.1 Å². The maximum Gasteiger partial charge on any atom is 0.227 e. The Morgan fingerprint density at radius 1 is 1.21 bits per heavy atom. The van der Waals surface area contributed by atoms with Crippen LogP contribution in [0.1, 0.15) is 18.9 Å². The number of ketones is 1. The van der Waals surface area contributed by atoms with Crippen molar-refractivity contribution in [3.63, 3.8) is 0 Å². The number of pyridine rings is 1. The summed E-state index contributed by atoms with van der Waals surface area (Å²) in [4.78, 5) is 26.5. The molecule has 1 heterocycles. The summed E-state index contributed by atoms with van der Waals surface area (Å²) in [6.07, 6.45) is 2.42. The highest BCUT2D eigenvalue weighted by Crippen LogP contribution is 2.15. The van der Waals surface area contributed by atoms with Crippen LogP contribution < -0.4 is 5.32 Å². The number of carbonyl (C=O) groups excluding carboxylic acids is 2. The van der Waals surface area contributed by atoms with Crippen LogP contribution in [0.2, 0.25) is 0 Å². The summed E-state index contributed by atoms with van der Waals surface area (Å²) >= 11 is 0. The molecular weight excluding hydrogens is 240 g/mol. The number of carbonyl (C=O) groups is 2. The van der Waals surface area contributed by atoms with Gasteiger partial charge in [0.05, 0.1) is 11.9 Å². The van der Waals surface area contributed by atoms with Crippen molar-refractivity contribution in [1.82, 2.24) is 10.3 Å². The minimum Gasteiger partial charge on any atom is -0.355 e. The van der Waals surface area contributed by atoms with E-state index in [1.54, 1.807) is 6.20 Å². The van der Waals surface area contributed by atoms with E-state index in [0.29, 0.717) is 13.0 Å². The van der Waals surface area contributed by atoms with Gasteiger partial charge < -0.3 is 5.32 Å². The summed E-state index contributed by atoms with van der Waals surface area (Å²) in [5.74, 6) is -0.343. The zero-order valence-corrected chi connectivity index (χ0v) is 10.8. The van der Waals surface area contributed by atoms with Crippen LogP contribution in [-0.2, 0) is 16.0 Å². The largest absolute Gasteiger partial charge is 0.355 e. The molecule has 4 heteroatoms. The van der Waals surface area contributed by atoms with Gasteiger partial charge in [-0.25, -0.2) is 0 Å². The minimum atomic E-state index is -0.222. The molecule has 0 atom stereocenters. The van der Waals surface area contributed by atoms with E-state index in [2.05, 4.69) is 10.3 Å². The van der Waals surface area contributed by atoms with E-state index in [9.17, 15) is 9.59 Å². The normalized spacial score (nSPS) is 10.4. The molecule has 0 saturated carbocycles. The Balaban J connectivity index is 1.98. The second kappa shape index (κ2) is 6.09. The first-order valence-corrected chi connectivity index (χ1v) is 6.25. The number of fused-ring (bicyclic) bond motifs is 1. The second-order valence-electron chi connectivity index (χ2n) is 4.47. The van der Waals surface area contributed by atoms with Crippen molar-refractivity contribution < 1.29 is 9.59 Å². The molecule has 0 saturated heterocycles. The Morgan fingerprint density at radius 2 is 2.00 bits per heavy atom. The zero-order valence-electron chi connectivity index (χ0n) is 10.8. The van der Waals surface area contributed by atoms with Crippen LogP contribution >= 0.6 is 0 Å². The third-order valence-corrected chi connectivity index (χ3v) is 2.84. The number of aromatic nitrogens is 1. The summed E-state index contributed by atoms with van der Waals surface area (Å²) in [5, 5.41) is 3.83. The first kappa shape index (κ1) is 13.2. The number of para-hydroxylation sites is 1. The monoisotopic (exact) mass is 256 g/mol. The maximum atomic E-state index is 11.4. The van der Waals surface area contributed by atoms with Crippen LogP contribution in [0.15, 0.2) is 36.5 Å². The average Bonchev–Trinajstić information content (AvgIpc) is 2.38. The number of benzene rings is 1. The average molecular weight is 256 g/mol. The summed E-state index contributed by atoms with van der Waals surface area (Å²) < 4.78 is 0. The summed E-state index contributed by atoms with van der Waals surface area (Å²) in [6, 6.07) is 9.92. The molecule has 1 N–H and O–H groups in total. The quantitative estimate of drug-likeness (QED) is 0.831. The van der Waals surface area contributed by atoms with Crippen LogP contribution in [0, 0.1) is 0 Å². The highest BCUT2D eigenvalue weighted by atomic mass is 16.2. The van der Waals surface area contributed by atoms with Gasteiger partial charge in [-0.1, -0.05) is 24.3 Å². The Hall–Kier alpha value is -2.23. The molecule has 0 aliphatic heterocycles. The van der Waals surface area contributed by atoms with E-state index in [1.165, 1.54) is 6.92 Å². The fourth-order valence-electron chi connectivity index (χ4n) is 1.99. The molecule has 19 heavy (non-hydrogen) atoms. The highest BCUT2D eigenvalue weighted by Gasteiger charge is 2.05. The van der Waals surface area contributed by atoms with Gasteiger partial charge in [0.25, 0.3) is 0 Å². The summed E-state index contributed by atoms with van der Waals surface area (Å²) in [5.41, 5.74) is 2.06. The molecule has 0 aliphatic rings. The standard InChI is InChI=1S/C15H16N2O2/c1-11(18)10-14(19)16-9-7-13-5-2-4-12-6-3-8-17-15(12)13/h2-6,8H,7,9-10H2,1H3,(H,16,19). The van der Waals surface area contributed by atoms with Crippen molar-refractivity contribution in [2.45, 2.75) is 19.8 Å². The molecule has 2 aromatic rings. The second-order valence-corrected chi connectivity index (χ2v) is 4.47. The van der Waals surface area contributed by atoms with Crippen LogP contribution in [0.3, 0.4) is 0 Å². The van der Waals surface area contributed by atoms with Gasteiger partial charge in [0.15, 0.2) is 0 Å². The van der Waals surface area contributed by atoms with Crippen molar-refractivity contribution in [3.05, 3.63) is 42.1 Å². The number of rotatable bonds is 5. The van der Waals surface area contributed by atoms with Gasteiger partial charge in [-0.2, -0.15) is 0 Å². The third kappa shape index (κ3) is 3.61. The number of Topliss-reactive ketones (excluding diaryl/α,β-unsaturated/α-hetero) is 1. The SMILES string of the molecule is CC(=O)CC(=O)NCCc1cccc2cccnc12. The Bertz CT molecular complexity index is 603. The third-order valence-electron chi connectivity index (χ3n) is 2.84. The molecular formula is C15H16N2O2. The first-order valence-electron chi connectivity index (χ1n) is 6.25. The van der Waals surface area contributed by atoms with Gasteiger partial charge in [0, 0.05) is 18.1 Å². The number of hydrogen-bond acceptors (Lipinski definition) is 3. The number of nitrogens with zero attached hydrogens (tertiary/aromatic N) is 1.